The van der Waals surface area contributed by atoms with Gasteiger partial charge in [-0.05, 0) is 73.5 Å². The molecule has 0 amide bonds. The van der Waals surface area contributed by atoms with E-state index in [1.807, 2.05) is 13.0 Å². The van der Waals surface area contributed by atoms with E-state index in [0.29, 0.717) is 16.4 Å². The SMILES string of the molecule is Cc1cccc(Oc2nc3c(C)cccn3c(=O)c2C=C(C#N)S(=O)(=O)c2ccc(Cl)cc2)c1. The van der Waals surface area contributed by atoms with Crippen molar-refractivity contribution < 1.29 is 13.2 Å². The van der Waals surface area contributed by atoms with Crippen LogP contribution in [-0.2, 0) is 9.84 Å². The average molecular weight is 492 g/mol. The molecule has 0 saturated carbocycles. The highest BCUT2D eigenvalue weighted by Gasteiger charge is 2.24. The van der Waals surface area contributed by atoms with Crippen LogP contribution in [0.25, 0.3) is 11.7 Å². The van der Waals surface area contributed by atoms with Crippen LogP contribution in [0.3, 0.4) is 0 Å². The molecule has 0 atom stereocenters. The van der Waals surface area contributed by atoms with E-state index in [-0.39, 0.29) is 16.3 Å². The van der Waals surface area contributed by atoms with Gasteiger partial charge in [-0.1, -0.05) is 29.8 Å². The van der Waals surface area contributed by atoms with Gasteiger partial charge in [0.2, 0.25) is 15.7 Å². The number of ether oxygens (including phenoxy) is 1. The van der Waals surface area contributed by atoms with Crippen LogP contribution in [0.5, 0.6) is 11.6 Å². The monoisotopic (exact) mass is 491 g/mol. The van der Waals surface area contributed by atoms with Gasteiger partial charge < -0.3 is 4.74 Å². The van der Waals surface area contributed by atoms with Crippen molar-refractivity contribution in [3.63, 3.8) is 0 Å². The molecule has 0 aliphatic heterocycles. The molecule has 2 aromatic carbocycles. The van der Waals surface area contributed by atoms with Crippen molar-refractivity contribution in [1.82, 2.24) is 9.38 Å². The van der Waals surface area contributed by atoms with Gasteiger partial charge in [-0.2, -0.15) is 10.2 Å². The zero-order chi connectivity index (χ0) is 24.5. The number of aryl methyl sites for hydroxylation is 2. The van der Waals surface area contributed by atoms with Crippen LogP contribution in [0.15, 0.2) is 81.5 Å². The standard InChI is InChI=1S/C25H18ClN3O4S/c1-16-5-3-7-19(13-16)33-24-22(25(30)29-12-4-6-17(2)23(29)28-24)14-21(15-27)34(31,32)20-10-8-18(26)9-11-20/h3-14H,1-2H3. The lowest BCUT2D eigenvalue weighted by Crippen LogP contribution is -2.20. The molecular formula is C25H18ClN3O4S. The molecule has 4 rings (SSSR count). The van der Waals surface area contributed by atoms with Crippen molar-refractivity contribution >= 4 is 33.2 Å². The van der Waals surface area contributed by atoms with Gasteiger partial charge in [-0.3, -0.25) is 9.20 Å². The molecule has 0 bridgehead atoms. The molecule has 34 heavy (non-hydrogen) atoms. The second kappa shape index (κ2) is 9.14. The normalized spacial score (nSPS) is 11.9. The van der Waals surface area contributed by atoms with E-state index in [2.05, 4.69) is 4.98 Å². The Kier molecular flexibility index (Phi) is 6.24. The van der Waals surface area contributed by atoms with Crippen LogP contribution < -0.4 is 10.3 Å². The Morgan fingerprint density at radius 2 is 1.85 bits per heavy atom. The fourth-order valence-electron chi connectivity index (χ4n) is 3.33. The third-order valence-electron chi connectivity index (χ3n) is 5.05. The van der Waals surface area contributed by atoms with Gasteiger partial charge in [0.05, 0.1) is 4.90 Å². The molecule has 4 aromatic rings. The van der Waals surface area contributed by atoms with Gasteiger partial charge in [0.25, 0.3) is 5.56 Å². The zero-order valence-electron chi connectivity index (χ0n) is 18.2. The summed E-state index contributed by atoms with van der Waals surface area (Å²) in [6.07, 6.45) is 2.52. The summed E-state index contributed by atoms with van der Waals surface area (Å²) in [4.78, 5) is 17.1. The van der Waals surface area contributed by atoms with Gasteiger partial charge in [0.1, 0.15) is 27.9 Å². The van der Waals surface area contributed by atoms with Gasteiger partial charge >= 0.3 is 0 Å². The first-order valence-corrected chi connectivity index (χ1v) is 12.0. The Balaban J connectivity index is 1.96. The second-order valence-corrected chi connectivity index (χ2v) is 9.87. The number of benzene rings is 2. The van der Waals surface area contributed by atoms with E-state index in [0.717, 1.165) is 17.2 Å². The number of hydrogen-bond acceptors (Lipinski definition) is 6. The number of hydrogen-bond donors (Lipinski definition) is 0. The molecule has 0 aliphatic carbocycles. The van der Waals surface area contributed by atoms with Crippen molar-refractivity contribution in [1.29, 1.82) is 5.26 Å². The Morgan fingerprint density at radius 3 is 2.53 bits per heavy atom. The first-order valence-electron chi connectivity index (χ1n) is 10.1. The summed E-state index contributed by atoms with van der Waals surface area (Å²) in [6.45, 7) is 3.67. The maximum absolute atomic E-state index is 13.4. The zero-order valence-corrected chi connectivity index (χ0v) is 19.8. The van der Waals surface area contributed by atoms with E-state index in [1.54, 1.807) is 43.3 Å². The van der Waals surface area contributed by atoms with Gasteiger partial charge in [-0.25, -0.2) is 8.42 Å². The van der Waals surface area contributed by atoms with Crippen LogP contribution >= 0.6 is 11.6 Å². The predicted octanol–water partition coefficient (Wildman–Crippen LogP) is 5.10. The molecule has 0 radical (unpaired) electrons. The number of nitrogens with zero attached hydrogens (tertiary/aromatic N) is 3. The molecule has 0 unspecified atom stereocenters. The summed E-state index contributed by atoms with van der Waals surface area (Å²) < 4.78 is 33.4. The van der Waals surface area contributed by atoms with Crippen molar-refractivity contribution in [2.45, 2.75) is 18.7 Å². The topological polar surface area (TPSA) is 102 Å². The maximum Gasteiger partial charge on any atom is 0.269 e. The molecular weight excluding hydrogens is 474 g/mol. The van der Waals surface area contributed by atoms with Crippen LogP contribution in [0.1, 0.15) is 16.7 Å². The first kappa shape index (κ1) is 23.2. The number of pyridine rings is 1. The van der Waals surface area contributed by atoms with Gasteiger partial charge in [0, 0.05) is 11.2 Å². The first-order chi connectivity index (χ1) is 16.2. The minimum Gasteiger partial charge on any atom is -0.438 e. The minimum atomic E-state index is -4.23. The third kappa shape index (κ3) is 4.44. The summed E-state index contributed by atoms with van der Waals surface area (Å²) in [7, 11) is -4.23. The molecule has 7 nitrogen and oxygen atoms in total. The molecule has 9 heteroatoms. The van der Waals surface area contributed by atoms with E-state index in [4.69, 9.17) is 16.3 Å². The molecule has 0 saturated heterocycles. The van der Waals surface area contributed by atoms with Gasteiger partial charge in [0.15, 0.2) is 0 Å². The van der Waals surface area contributed by atoms with E-state index in [9.17, 15) is 18.5 Å². The van der Waals surface area contributed by atoms with E-state index < -0.39 is 20.3 Å². The van der Waals surface area contributed by atoms with Crippen molar-refractivity contribution in [2.75, 3.05) is 0 Å². The lowest BCUT2D eigenvalue weighted by molar-refractivity contribution is 0.460. The third-order valence-corrected chi connectivity index (χ3v) is 6.99. The van der Waals surface area contributed by atoms with Crippen LogP contribution in [0.4, 0.5) is 0 Å². The minimum absolute atomic E-state index is 0.107. The Hall–Kier alpha value is -3.93. The highest BCUT2D eigenvalue weighted by Crippen LogP contribution is 2.28. The number of allylic oxidation sites excluding steroid dienone is 1. The second-order valence-electron chi connectivity index (χ2n) is 7.52. The largest absolute Gasteiger partial charge is 0.438 e. The van der Waals surface area contributed by atoms with E-state index in [1.165, 1.54) is 34.9 Å². The molecule has 0 N–H and O–H groups in total. The fraction of sp³-hybridized carbons (Fsp3) is 0.0800. The molecule has 0 fully saturated rings. The van der Waals surface area contributed by atoms with Crippen LogP contribution in [0.2, 0.25) is 5.02 Å². The molecule has 170 valence electrons. The Morgan fingerprint density at radius 1 is 1.12 bits per heavy atom. The average Bonchev–Trinajstić information content (AvgIpc) is 2.80. The summed E-state index contributed by atoms with van der Waals surface area (Å²) in [6, 6.07) is 17.7. The van der Waals surface area contributed by atoms with Gasteiger partial charge in [-0.15, -0.1) is 0 Å². The highest BCUT2D eigenvalue weighted by molar-refractivity contribution is 7.95. The van der Waals surface area contributed by atoms with Crippen LogP contribution in [-0.4, -0.2) is 17.8 Å². The molecule has 0 aliphatic rings. The number of rotatable bonds is 5. The fourth-order valence-corrected chi connectivity index (χ4v) is 4.59. The number of sulfone groups is 1. The van der Waals surface area contributed by atoms with Crippen molar-refractivity contribution in [3.8, 4) is 17.7 Å². The number of aromatic nitrogens is 2. The summed E-state index contributed by atoms with van der Waals surface area (Å²) in [5, 5.41) is 10.1. The van der Waals surface area contributed by atoms with Crippen molar-refractivity contribution in [2.24, 2.45) is 0 Å². The summed E-state index contributed by atoms with van der Waals surface area (Å²) in [5.41, 5.74) is 1.25. The van der Waals surface area contributed by atoms with Crippen molar-refractivity contribution in [3.05, 3.63) is 104 Å². The Bertz CT molecular complexity index is 1650. The lowest BCUT2D eigenvalue weighted by atomic mass is 10.2. The summed E-state index contributed by atoms with van der Waals surface area (Å²) >= 11 is 5.86. The smallest absolute Gasteiger partial charge is 0.269 e. The molecule has 2 aromatic heterocycles. The quantitative estimate of drug-likeness (QED) is 0.360. The number of halogens is 1. The lowest BCUT2D eigenvalue weighted by Gasteiger charge is -2.12. The molecule has 0 spiro atoms. The van der Waals surface area contributed by atoms with Crippen LogP contribution in [0, 0.1) is 25.2 Å². The predicted molar refractivity (Wildman–Crippen MR) is 130 cm³/mol. The van der Waals surface area contributed by atoms with E-state index >= 15 is 0 Å². The number of fused-ring (bicyclic) bond motifs is 1. The number of nitriles is 1. The summed E-state index contributed by atoms with van der Waals surface area (Å²) in [5.74, 6) is 0.308. The molecule has 2 heterocycles. The highest BCUT2D eigenvalue weighted by atomic mass is 35.5. The Labute approximate surface area is 201 Å². The maximum atomic E-state index is 13.4.